The van der Waals surface area contributed by atoms with Crippen molar-refractivity contribution in [2.75, 3.05) is 16.0 Å². The van der Waals surface area contributed by atoms with Gasteiger partial charge in [0.2, 0.25) is 0 Å². The van der Waals surface area contributed by atoms with Gasteiger partial charge in [-0.25, -0.2) is 29.9 Å². The van der Waals surface area contributed by atoms with E-state index in [0.717, 1.165) is 59.4 Å². The van der Waals surface area contributed by atoms with Crippen LogP contribution in [0.4, 0.5) is 74.0 Å². The second kappa shape index (κ2) is 26.1. The fourth-order valence-corrected chi connectivity index (χ4v) is 8.23. The third-order valence-corrected chi connectivity index (χ3v) is 12.9. The van der Waals surface area contributed by atoms with Gasteiger partial charge in [0, 0.05) is 29.0 Å². The van der Waals surface area contributed by atoms with E-state index in [0.29, 0.717) is 71.6 Å². The average Bonchev–Trinajstić information content (AvgIpc) is 3.92. The molecule has 0 bridgehead atoms. The van der Waals surface area contributed by atoms with Crippen LogP contribution in [0.5, 0.6) is 0 Å². The standard InChI is InChI=1S/C16H13BrF3N5.C16H14F3N5.C15H10Br2F3N5.2CH3.Zn/c1-9-15(17)22-10(2)25(9)14-8-21-7-13(24-14)23-12-5-3-11(4-6-12)16(18,19)20;1-10-7-21-11(2)24(10)15-9-20-8-14(23-15)22-13-5-3-12(4-6-13)16(17,18)19;1-8-22-13(16)14(17)25(8)12-7-21-6-11(24-12)23-10-4-2-9(3-5-10)15(18,19)20;;;/h3-8H,1-2H3,(H,23,24);3-9H,1-2H3,(H,22,23);2-7H,1H3,(H,23,24);2*1H3;/q;;;2*-1;+2. The number of halogens is 12. The molecule has 400 valence electrons. The molecule has 3 N–H and O–H groups in total. The van der Waals surface area contributed by atoms with Crippen molar-refractivity contribution in [3.63, 3.8) is 0 Å². The number of alkyl halides is 9. The number of hydrogen-bond acceptors (Lipinski definition) is 12. The number of aromatic nitrogens is 12. The van der Waals surface area contributed by atoms with E-state index in [2.05, 4.69) is 109 Å². The Balaban J connectivity index is 0.000000245. The monoisotopic (exact) mass is 1310 g/mol. The van der Waals surface area contributed by atoms with Gasteiger partial charge in [0.1, 0.15) is 31.3 Å². The largest absolute Gasteiger partial charge is 2.00 e. The van der Waals surface area contributed by atoms with Gasteiger partial charge in [-0.15, -0.1) is 0 Å². The maximum atomic E-state index is 12.6. The predicted octanol–water partition coefficient (Wildman–Crippen LogP) is 15.0. The molecule has 77 heavy (non-hydrogen) atoms. The number of hydrogen-bond donors (Lipinski definition) is 3. The van der Waals surface area contributed by atoms with E-state index in [-0.39, 0.29) is 34.3 Å². The van der Waals surface area contributed by atoms with Crippen LogP contribution in [-0.4, -0.2) is 58.6 Å². The maximum Gasteiger partial charge on any atom is 2.00 e. The Labute approximate surface area is 473 Å². The summed E-state index contributed by atoms with van der Waals surface area (Å²) in [6.45, 7) is 9.30. The fraction of sp³-hybridized carbons (Fsp3) is 0.163. The van der Waals surface area contributed by atoms with Gasteiger partial charge in [-0.3, -0.25) is 28.7 Å². The number of anilines is 6. The Morgan fingerprint density at radius 3 is 1.01 bits per heavy atom. The normalized spacial score (nSPS) is 11.1. The number of imidazole rings is 3. The van der Waals surface area contributed by atoms with Crippen LogP contribution in [0, 0.1) is 49.5 Å². The van der Waals surface area contributed by atoms with Crippen molar-refractivity contribution in [2.45, 2.75) is 53.1 Å². The topological polar surface area (TPSA) is 167 Å². The van der Waals surface area contributed by atoms with Gasteiger partial charge in [-0.1, -0.05) is 0 Å². The first-order valence-corrected chi connectivity index (χ1v) is 23.7. The first kappa shape index (κ1) is 62.9. The molecule has 0 saturated heterocycles. The van der Waals surface area contributed by atoms with Crippen LogP contribution >= 0.6 is 47.8 Å². The molecular formula is C49H43Br3F9N15Zn. The summed E-state index contributed by atoms with van der Waals surface area (Å²) in [6.07, 6.45) is -2.12. The van der Waals surface area contributed by atoms with Gasteiger partial charge >= 0.3 is 38.0 Å². The van der Waals surface area contributed by atoms with Crippen molar-refractivity contribution in [1.82, 2.24) is 58.6 Å². The number of aryl methyl sites for hydroxylation is 4. The Morgan fingerprint density at radius 1 is 0.403 bits per heavy atom. The molecule has 9 aromatic rings. The summed E-state index contributed by atoms with van der Waals surface area (Å²) in [5.41, 5.74) is 1.13. The molecule has 0 unspecified atom stereocenters. The number of nitrogens with zero attached hydrogens (tertiary/aromatic N) is 12. The van der Waals surface area contributed by atoms with Crippen molar-refractivity contribution in [2.24, 2.45) is 0 Å². The summed E-state index contributed by atoms with van der Waals surface area (Å²) in [4.78, 5) is 38.5. The minimum atomic E-state index is -4.36. The molecule has 6 aromatic heterocycles. The van der Waals surface area contributed by atoms with Gasteiger partial charge in [0.15, 0.2) is 34.9 Å². The van der Waals surface area contributed by atoms with E-state index in [1.807, 2.05) is 43.8 Å². The van der Waals surface area contributed by atoms with E-state index >= 15 is 0 Å². The first-order valence-electron chi connectivity index (χ1n) is 21.3. The third kappa shape index (κ3) is 16.0. The van der Waals surface area contributed by atoms with Gasteiger partial charge < -0.3 is 30.8 Å². The van der Waals surface area contributed by atoms with Crippen LogP contribution in [-0.2, 0) is 38.0 Å². The summed E-state index contributed by atoms with van der Waals surface area (Å²) in [5, 5.41) is 8.84. The Morgan fingerprint density at radius 2 is 0.727 bits per heavy atom. The van der Waals surface area contributed by atoms with E-state index < -0.39 is 35.2 Å². The molecule has 0 radical (unpaired) electrons. The Bertz CT molecular complexity index is 3210. The van der Waals surface area contributed by atoms with Gasteiger partial charge in [-0.2, -0.15) is 39.5 Å². The zero-order valence-electron chi connectivity index (χ0n) is 41.6. The van der Waals surface area contributed by atoms with Crippen LogP contribution in [0.25, 0.3) is 17.5 Å². The summed E-state index contributed by atoms with van der Waals surface area (Å²) < 4.78 is 121. The summed E-state index contributed by atoms with van der Waals surface area (Å²) in [7, 11) is 0. The zero-order valence-corrected chi connectivity index (χ0v) is 49.3. The molecular weight excluding hydrogens is 1270 g/mol. The fourth-order valence-electron chi connectivity index (χ4n) is 6.83. The molecule has 3 aromatic carbocycles. The third-order valence-electron chi connectivity index (χ3n) is 10.3. The molecule has 0 spiro atoms. The van der Waals surface area contributed by atoms with E-state index in [4.69, 9.17) is 0 Å². The molecule has 0 amide bonds. The van der Waals surface area contributed by atoms with Crippen molar-refractivity contribution >= 4 is 82.3 Å². The quantitative estimate of drug-likeness (QED) is 0.0712. The van der Waals surface area contributed by atoms with E-state index in [9.17, 15) is 39.5 Å². The van der Waals surface area contributed by atoms with Gasteiger partial charge in [0.25, 0.3) is 0 Å². The molecule has 0 aliphatic carbocycles. The summed E-state index contributed by atoms with van der Waals surface area (Å²) >= 11 is 10.1. The zero-order chi connectivity index (χ0) is 53.7. The van der Waals surface area contributed by atoms with Crippen LogP contribution < -0.4 is 16.0 Å². The van der Waals surface area contributed by atoms with Gasteiger partial charge in [0.05, 0.1) is 59.6 Å². The predicted molar refractivity (Wildman–Crippen MR) is 281 cm³/mol. The SMILES string of the molecule is Cc1cnc(C)n1-c1cncc(Nc2ccc(C(F)(F)F)cc2)n1.Cc1nc(Br)c(Br)n1-c1cncc(Nc2ccc(C(F)(F)F)cc2)n1.Cc1nc(Br)c(C)n1-c1cncc(Nc2ccc(C(F)(F)F)cc2)n1.[CH3-].[CH3-].[Zn+2]. The molecule has 15 nitrogen and oxygen atoms in total. The van der Waals surface area contributed by atoms with E-state index in [1.165, 1.54) is 55.0 Å². The van der Waals surface area contributed by atoms with Crippen molar-refractivity contribution in [1.29, 1.82) is 0 Å². The maximum absolute atomic E-state index is 12.6. The molecule has 0 fully saturated rings. The summed E-state index contributed by atoms with van der Waals surface area (Å²) in [6, 6.07) is 14.2. The van der Waals surface area contributed by atoms with Crippen LogP contribution in [0.2, 0.25) is 0 Å². The minimum absolute atomic E-state index is 0. The number of rotatable bonds is 9. The molecule has 0 aliphatic rings. The van der Waals surface area contributed by atoms with Crippen LogP contribution in [0.3, 0.4) is 0 Å². The van der Waals surface area contributed by atoms with Crippen molar-refractivity contribution in [3.05, 3.63) is 190 Å². The van der Waals surface area contributed by atoms with E-state index in [1.54, 1.807) is 29.4 Å². The molecule has 0 saturated carbocycles. The van der Waals surface area contributed by atoms with Crippen molar-refractivity contribution in [3.8, 4) is 17.5 Å². The number of nitrogens with one attached hydrogen (secondary N) is 3. The Hall–Kier alpha value is -6.64. The molecule has 9 rings (SSSR count). The van der Waals surface area contributed by atoms with Crippen LogP contribution in [0.1, 0.15) is 45.6 Å². The molecule has 0 atom stereocenters. The van der Waals surface area contributed by atoms with Crippen LogP contribution in [0.15, 0.2) is 130 Å². The first-order chi connectivity index (χ1) is 34.8. The molecule has 28 heteroatoms. The second-order valence-corrected chi connectivity index (χ2v) is 17.9. The average molecular weight is 1320 g/mol. The summed E-state index contributed by atoms with van der Waals surface area (Å²) in [5.74, 6) is 5.11. The second-order valence-electron chi connectivity index (χ2n) is 15.6. The molecule has 6 heterocycles. The van der Waals surface area contributed by atoms with Crippen molar-refractivity contribution < 1.29 is 59.0 Å². The minimum Gasteiger partial charge on any atom is -0.358 e. The Kier molecular flexibility index (Phi) is 21.4. The molecule has 0 aliphatic heterocycles. The van der Waals surface area contributed by atoms with Gasteiger partial charge in [-0.05, 0) is 155 Å². The number of benzene rings is 3. The smallest absolute Gasteiger partial charge is 0.358 e.